The van der Waals surface area contributed by atoms with Gasteiger partial charge in [-0.2, -0.15) is 5.10 Å². The molecule has 9 heteroatoms. The minimum Gasteiger partial charge on any atom is -0.419 e. The van der Waals surface area contributed by atoms with E-state index in [1.165, 1.54) is 0 Å². The summed E-state index contributed by atoms with van der Waals surface area (Å²) >= 11 is 12.2. The normalized spacial score (nSPS) is 15.7. The van der Waals surface area contributed by atoms with Crippen LogP contribution in [0.25, 0.3) is 11.5 Å². The molecule has 3 aromatic rings. The van der Waals surface area contributed by atoms with Crippen molar-refractivity contribution in [2.45, 2.75) is 13.0 Å². The highest BCUT2D eigenvalue weighted by atomic mass is 35.5. The molecule has 0 bridgehead atoms. The molecule has 2 aromatic heterocycles. The Labute approximate surface area is 166 Å². The maximum atomic E-state index is 6.22. The predicted molar refractivity (Wildman–Crippen MR) is 104 cm³/mol. The van der Waals surface area contributed by atoms with Gasteiger partial charge in [0.25, 0.3) is 0 Å². The number of rotatable bonds is 4. The van der Waals surface area contributed by atoms with Crippen molar-refractivity contribution < 1.29 is 4.42 Å². The van der Waals surface area contributed by atoms with Crippen molar-refractivity contribution in [2.75, 3.05) is 31.1 Å². The summed E-state index contributed by atoms with van der Waals surface area (Å²) in [4.78, 5) is 4.55. The molecule has 1 aliphatic rings. The van der Waals surface area contributed by atoms with E-state index < -0.39 is 0 Å². The number of benzene rings is 1. The van der Waals surface area contributed by atoms with Crippen LogP contribution >= 0.6 is 23.2 Å². The van der Waals surface area contributed by atoms with E-state index in [2.05, 4.69) is 30.2 Å². The van der Waals surface area contributed by atoms with Crippen LogP contribution in [-0.2, 0) is 6.54 Å². The minimum atomic E-state index is 0.405. The van der Waals surface area contributed by atoms with Crippen LogP contribution in [0.4, 0.5) is 5.82 Å². The lowest BCUT2D eigenvalue weighted by molar-refractivity contribution is 0.256. The Balaban J connectivity index is 1.40. The van der Waals surface area contributed by atoms with Gasteiger partial charge in [0, 0.05) is 37.4 Å². The minimum absolute atomic E-state index is 0.405. The maximum Gasteiger partial charge on any atom is 0.249 e. The highest BCUT2D eigenvalue weighted by Crippen LogP contribution is 2.29. The van der Waals surface area contributed by atoms with Gasteiger partial charge in [0.1, 0.15) is 0 Å². The summed E-state index contributed by atoms with van der Waals surface area (Å²) < 4.78 is 5.82. The number of halogens is 2. The lowest BCUT2D eigenvalue weighted by Crippen LogP contribution is -2.31. The summed E-state index contributed by atoms with van der Waals surface area (Å²) in [6.07, 6.45) is 2.72. The molecule has 1 aromatic carbocycles. The van der Waals surface area contributed by atoms with Crippen molar-refractivity contribution in [1.29, 1.82) is 0 Å². The molecule has 0 radical (unpaired) electrons. The van der Waals surface area contributed by atoms with Gasteiger partial charge in [0.15, 0.2) is 5.82 Å². The Morgan fingerprint density at radius 1 is 1.00 bits per heavy atom. The standard InChI is InChI=1S/C18H18Cl2N6O/c19-13-4-5-14(15(20)11-13)18-24-23-17(27-18)12-25-7-2-8-26(10-9-25)16-3-1-6-21-22-16/h1,3-6,11H,2,7-10,12H2. The fraction of sp³-hybridized carbons (Fsp3) is 0.333. The maximum absolute atomic E-state index is 6.22. The summed E-state index contributed by atoms with van der Waals surface area (Å²) in [5.41, 5.74) is 0.685. The van der Waals surface area contributed by atoms with Crippen LogP contribution in [0.5, 0.6) is 0 Å². The molecule has 1 aliphatic heterocycles. The molecule has 3 heterocycles. The van der Waals surface area contributed by atoms with Crippen molar-refractivity contribution in [1.82, 2.24) is 25.3 Å². The SMILES string of the molecule is Clc1ccc(-c2nnc(CN3CCCN(c4cccnn4)CC3)o2)c(Cl)c1. The Bertz CT molecular complexity index is 904. The van der Waals surface area contributed by atoms with Gasteiger partial charge in [-0.25, -0.2) is 0 Å². The van der Waals surface area contributed by atoms with Gasteiger partial charge < -0.3 is 9.32 Å². The average molecular weight is 405 g/mol. The van der Waals surface area contributed by atoms with Gasteiger partial charge in [0.05, 0.1) is 17.1 Å². The molecule has 0 N–H and O–H groups in total. The molecule has 0 saturated carbocycles. The van der Waals surface area contributed by atoms with E-state index in [4.69, 9.17) is 27.6 Å². The highest BCUT2D eigenvalue weighted by Gasteiger charge is 2.19. The van der Waals surface area contributed by atoms with Gasteiger partial charge >= 0.3 is 0 Å². The lowest BCUT2D eigenvalue weighted by Gasteiger charge is -2.21. The second-order valence-electron chi connectivity index (χ2n) is 6.32. The van der Waals surface area contributed by atoms with E-state index in [0.717, 1.165) is 38.4 Å². The summed E-state index contributed by atoms with van der Waals surface area (Å²) in [5.74, 6) is 1.89. The Kier molecular flexibility index (Phi) is 5.52. The van der Waals surface area contributed by atoms with Crippen molar-refractivity contribution in [2.24, 2.45) is 0 Å². The van der Waals surface area contributed by atoms with Gasteiger partial charge in [-0.3, -0.25) is 4.90 Å². The van der Waals surface area contributed by atoms with Gasteiger partial charge in [0.2, 0.25) is 11.8 Å². The zero-order valence-electron chi connectivity index (χ0n) is 14.6. The number of aromatic nitrogens is 4. The Morgan fingerprint density at radius 2 is 1.93 bits per heavy atom. The first-order valence-electron chi connectivity index (χ1n) is 8.72. The molecule has 0 spiro atoms. The Hall–Kier alpha value is -2.22. The van der Waals surface area contributed by atoms with Crippen LogP contribution in [-0.4, -0.2) is 51.5 Å². The lowest BCUT2D eigenvalue weighted by atomic mass is 10.2. The largest absolute Gasteiger partial charge is 0.419 e. The summed E-state index contributed by atoms with van der Waals surface area (Å²) in [5, 5.41) is 17.5. The topological polar surface area (TPSA) is 71.2 Å². The first kappa shape index (κ1) is 18.2. The molecule has 0 aliphatic carbocycles. The van der Waals surface area contributed by atoms with E-state index in [1.54, 1.807) is 24.4 Å². The summed E-state index contributed by atoms with van der Waals surface area (Å²) in [6.45, 7) is 4.27. The third-order valence-corrected chi connectivity index (χ3v) is 5.01. The molecule has 140 valence electrons. The number of nitrogens with zero attached hydrogens (tertiary/aromatic N) is 6. The molecule has 0 unspecified atom stereocenters. The van der Waals surface area contributed by atoms with Crippen molar-refractivity contribution in [3.05, 3.63) is 52.5 Å². The van der Waals surface area contributed by atoms with Crippen LogP contribution in [0.2, 0.25) is 10.0 Å². The first-order valence-corrected chi connectivity index (χ1v) is 9.47. The third-order valence-electron chi connectivity index (χ3n) is 4.46. The van der Waals surface area contributed by atoms with Crippen LogP contribution in [0, 0.1) is 0 Å². The Morgan fingerprint density at radius 3 is 2.74 bits per heavy atom. The quantitative estimate of drug-likeness (QED) is 0.658. The highest BCUT2D eigenvalue weighted by molar-refractivity contribution is 6.36. The van der Waals surface area contributed by atoms with Crippen LogP contribution < -0.4 is 4.90 Å². The third kappa shape index (κ3) is 4.37. The van der Waals surface area contributed by atoms with Crippen molar-refractivity contribution in [3.8, 4) is 11.5 Å². The molecule has 1 saturated heterocycles. The molecular formula is C18H18Cl2N6O. The second kappa shape index (κ2) is 8.21. The fourth-order valence-corrected chi connectivity index (χ4v) is 3.59. The van der Waals surface area contributed by atoms with Crippen molar-refractivity contribution in [3.63, 3.8) is 0 Å². The molecular weight excluding hydrogens is 387 g/mol. The summed E-state index contributed by atoms with van der Waals surface area (Å²) in [6, 6.07) is 9.10. The monoisotopic (exact) mass is 404 g/mol. The van der Waals surface area contributed by atoms with E-state index in [-0.39, 0.29) is 0 Å². The average Bonchev–Trinajstić information content (AvgIpc) is 3.00. The molecule has 0 atom stereocenters. The zero-order valence-corrected chi connectivity index (χ0v) is 16.1. The molecule has 1 fully saturated rings. The van der Waals surface area contributed by atoms with Crippen LogP contribution in [0.3, 0.4) is 0 Å². The molecule has 7 nitrogen and oxygen atoms in total. The molecule has 27 heavy (non-hydrogen) atoms. The predicted octanol–water partition coefficient (Wildman–Crippen LogP) is 3.55. The van der Waals surface area contributed by atoms with Gasteiger partial charge in [-0.1, -0.05) is 23.2 Å². The molecule has 4 rings (SSSR count). The second-order valence-corrected chi connectivity index (χ2v) is 7.17. The van der Waals surface area contributed by atoms with E-state index >= 15 is 0 Å². The van der Waals surface area contributed by atoms with Crippen LogP contribution in [0.1, 0.15) is 12.3 Å². The number of hydrogen-bond acceptors (Lipinski definition) is 7. The number of hydrogen-bond donors (Lipinski definition) is 0. The molecule has 0 amide bonds. The first-order chi connectivity index (χ1) is 13.2. The van der Waals surface area contributed by atoms with Gasteiger partial charge in [-0.15, -0.1) is 15.3 Å². The van der Waals surface area contributed by atoms with E-state index in [0.29, 0.717) is 33.9 Å². The smallest absolute Gasteiger partial charge is 0.249 e. The zero-order chi connectivity index (χ0) is 18.6. The number of anilines is 1. The van der Waals surface area contributed by atoms with Crippen LogP contribution in [0.15, 0.2) is 40.9 Å². The van der Waals surface area contributed by atoms with E-state index in [9.17, 15) is 0 Å². The van der Waals surface area contributed by atoms with Gasteiger partial charge in [-0.05, 0) is 36.8 Å². The summed E-state index contributed by atoms with van der Waals surface area (Å²) in [7, 11) is 0. The van der Waals surface area contributed by atoms with Crippen molar-refractivity contribution >= 4 is 29.0 Å². The fourth-order valence-electron chi connectivity index (χ4n) is 3.10. The van der Waals surface area contributed by atoms with E-state index in [1.807, 2.05) is 12.1 Å².